The predicted octanol–water partition coefficient (Wildman–Crippen LogP) is 2.05. The van der Waals surface area contributed by atoms with Crippen LogP contribution in [-0.4, -0.2) is 67.4 Å². The molecule has 4 heterocycles. The van der Waals surface area contributed by atoms with E-state index in [4.69, 9.17) is 5.10 Å². The van der Waals surface area contributed by atoms with Crippen LogP contribution >= 0.6 is 0 Å². The van der Waals surface area contributed by atoms with E-state index in [9.17, 15) is 9.59 Å². The Morgan fingerprint density at radius 2 is 2.10 bits per heavy atom. The molecule has 2 aromatic heterocycles. The molecule has 2 aromatic rings. The van der Waals surface area contributed by atoms with Crippen molar-refractivity contribution in [2.24, 2.45) is 0 Å². The van der Waals surface area contributed by atoms with E-state index in [1.54, 1.807) is 0 Å². The van der Waals surface area contributed by atoms with Crippen LogP contribution < -0.4 is 0 Å². The summed E-state index contributed by atoms with van der Waals surface area (Å²) >= 11 is 0. The predicted molar refractivity (Wildman–Crippen MR) is 109 cm³/mol. The third kappa shape index (κ3) is 4.21. The molecular weight excluding hydrogens is 368 g/mol. The second-order valence-corrected chi connectivity index (χ2v) is 8.13. The molecule has 1 atom stereocenters. The smallest absolute Gasteiger partial charge is 0.272 e. The van der Waals surface area contributed by atoms with Gasteiger partial charge in [0.05, 0.1) is 11.9 Å². The highest BCUT2D eigenvalue weighted by atomic mass is 16.2. The highest BCUT2D eigenvalue weighted by Gasteiger charge is 2.29. The maximum absolute atomic E-state index is 12.8. The Bertz CT molecular complexity index is 886. The molecule has 4 rings (SSSR count). The first-order valence-electron chi connectivity index (χ1n) is 10.7. The first-order chi connectivity index (χ1) is 14.0. The number of likely N-dealkylation sites (tertiary alicyclic amines) is 1. The maximum Gasteiger partial charge on any atom is 0.272 e. The third-order valence-corrected chi connectivity index (χ3v) is 5.99. The second kappa shape index (κ2) is 8.39. The van der Waals surface area contributed by atoms with Gasteiger partial charge in [0.25, 0.3) is 5.91 Å². The fraction of sp³-hybridized carbons (Fsp3) is 0.619. The van der Waals surface area contributed by atoms with Crippen LogP contribution in [0.2, 0.25) is 0 Å². The topological polar surface area (TPSA) is 76.3 Å². The van der Waals surface area contributed by atoms with Crippen molar-refractivity contribution in [1.29, 1.82) is 0 Å². The van der Waals surface area contributed by atoms with Crippen LogP contribution in [0.3, 0.4) is 0 Å². The van der Waals surface area contributed by atoms with Gasteiger partial charge in [-0.05, 0) is 44.7 Å². The molecule has 2 amide bonds. The van der Waals surface area contributed by atoms with E-state index in [1.807, 2.05) is 51.5 Å². The number of hydrogen-bond donors (Lipinski definition) is 0. The summed E-state index contributed by atoms with van der Waals surface area (Å²) in [5, 5.41) is 9.02. The van der Waals surface area contributed by atoms with E-state index in [-0.39, 0.29) is 17.7 Å². The van der Waals surface area contributed by atoms with Gasteiger partial charge in [0.2, 0.25) is 5.91 Å². The zero-order valence-corrected chi connectivity index (χ0v) is 17.4. The van der Waals surface area contributed by atoms with Crippen molar-refractivity contribution in [2.45, 2.75) is 58.5 Å². The molecule has 8 nitrogen and oxygen atoms in total. The maximum atomic E-state index is 12.8. The molecule has 0 spiro atoms. The van der Waals surface area contributed by atoms with Crippen LogP contribution in [-0.2, 0) is 17.9 Å². The highest BCUT2D eigenvalue weighted by molar-refractivity contribution is 5.93. The molecule has 156 valence electrons. The van der Waals surface area contributed by atoms with Crippen molar-refractivity contribution in [3.05, 3.63) is 35.4 Å². The summed E-state index contributed by atoms with van der Waals surface area (Å²) in [5.41, 5.74) is 2.74. The molecule has 0 radical (unpaired) electrons. The van der Waals surface area contributed by atoms with Crippen molar-refractivity contribution >= 4 is 11.8 Å². The number of nitrogens with zero attached hydrogens (tertiary/aromatic N) is 6. The lowest BCUT2D eigenvalue weighted by atomic mass is 9.94. The molecule has 0 aromatic carbocycles. The van der Waals surface area contributed by atoms with E-state index in [2.05, 4.69) is 5.10 Å². The fourth-order valence-electron chi connectivity index (χ4n) is 4.36. The number of fused-ring (bicyclic) bond motifs is 1. The zero-order chi connectivity index (χ0) is 20.4. The summed E-state index contributed by atoms with van der Waals surface area (Å²) in [4.78, 5) is 29.3. The van der Waals surface area contributed by atoms with Gasteiger partial charge in [-0.25, -0.2) is 0 Å². The largest absolute Gasteiger partial charge is 0.342 e. The lowest BCUT2D eigenvalue weighted by Gasteiger charge is -2.32. The minimum Gasteiger partial charge on any atom is -0.342 e. The number of aryl methyl sites for hydroxylation is 3. The Labute approximate surface area is 171 Å². The highest BCUT2D eigenvalue weighted by Crippen LogP contribution is 2.28. The fourth-order valence-corrected chi connectivity index (χ4v) is 4.36. The van der Waals surface area contributed by atoms with E-state index < -0.39 is 0 Å². The summed E-state index contributed by atoms with van der Waals surface area (Å²) in [6.45, 7) is 8.38. The van der Waals surface area contributed by atoms with Crippen LogP contribution in [0, 0.1) is 6.92 Å². The molecule has 8 heteroatoms. The zero-order valence-electron chi connectivity index (χ0n) is 17.4. The summed E-state index contributed by atoms with van der Waals surface area (Å²) < 4.78 is 3.69. The van der Waals surface area contributed by atoms with Crippen molar-refractivity contribution in [2.75, 3.05) is 26.2 Å². The van der Waals surface area contributed by atoms with Gasteiger partial charge >= 0.3 is 0 Å². The molecular formula is C21H30N6O2. The Kier molecular flexibility index (Phi) is 5.69. The minimum absolute atomic E-state index is 0.0713. The molecule has 29 heavy (non-hydrogen) atoms. The molecule has 1 unspecified atom stereocenters. The molecule has 0 saturated carbocycles. The summed E-state index contributed by atoms with van der Waals surface area (Å²) in [5.74, 6) is 0.431. The van der Waals surface area contributed by atoms with E-state index in [0.717, 1.165) is 56.7 Å². The normalized spacial score (nSPS) is 19.9. The van der Waals surface area contributed by atoms with Crippen molar-refractivity contribution in [3.63, 3.8) is 0 Å². The van der Waals surface area contributed by atoms with Gasteiger partial charge < -0.3 is 9.80 Å². The number of hydrogen-bond acceptors (Lipinski definition) is 4. The molecule has 1 fully saturated rings. The monoisotopic (exact) mass is 398 g/mol. The standard InChI is InChI=1S/C21H30N6O2/c1-3-24-9-5-10-27-19(21(24)29)12-18(23-27)17-6-4-8-25(15-17)20(28)7-11-26-14-16(2)13-22-26/h12-14,17H,3-11,15H2,1-2H3. The molecule has 0 N–H and O–H groups in total. The van der Waals surface area contributed by atoms with E-state index in [1.165, 1.54) is 0 Å². The second-order valence-electron chi connectivity index (χ2n) is 8.13. The average molecular weight is 399 g/mol. The van der Waals surface area contributed by atoms with Gasteiger partial charge in [0.15, 0.2) is 0 Å². The van der Waals surface area contributed by atoms with E-state index >= 15 is 0 Å². The Hall–Kier alpha value is -2.64. The first kappa shape index (κ1) is 19.7. The average Bonchev–Trinajstić information content (AvgIpc) is 3.32. The van der Waals surface area contributed by atoms with Crippen molar-refractivity contribution in [1.82, 2.24) is 29.4 Å². The van der Waals surface area contributed by atoms with Gasteiger partial charge in [0.1, 0.15) is 5.69 Å². The van der Waals surface area contributed by atoms with Crippen LogP contribution in [0.25, 0.3) is 0 Å². The van der Waals surface area contributed by atoms with Crippen LogP contribution in [0.15, 0.2) is 18.5 Å². The summed E-state index contributed by atoms with van der Waals surface area (Å²) in [6, 6.07) is 1.96. The lowest BCUT2D eigenvalue weighted by molar-refractivity contribution is -0.132. The first-order valence-corrected chi connectivity index (χ1v) is 10.7. The van der Waals surface area contributed by atoms with Gasteiger partial charge in [-0.2, -0.15) is 10.2 Å². The van der Waals surface area contributed by atoms with Gasteiger partial charge in [-0.3, -0.25) is 19.0 Å². The number of amides is 2. The molecule has 1 saturated heterocycles. The van der Waals surface area contributed by atoms with Crippen LogP contribution in [0.4, 0.5) is 0 Å². The Morgan fingerprint density at radius 1 is 1.24 bits per heavy atom. The van der Waals surface area contributed by atoms with Crippen LogP contribution in [0.1, 0.15) is 60.3 Å². The number of aromatic nitrogens is 4. The van der Waals surface area contributed by atoms with Gasteiger partial charge in [-0.1, -0.05) is 0 Å². The number of carbonyl (C=O) groups is 2. The molecule has 2 aliphatic heterocycles. The molecule has 2 aliphatic rings. The van der Waals surface area contributed by atoms with Gasteiger partial charge in [0, 0.05) is 57.8 Å². The number of rotatable bonds is 5. The quantitative estimate of drug-likeness (QED) is 0.772. The van der Waals surface area contributed by atoms with Crippen LogP contribution in [0.5, 0.6) is 0 Å². The lowest BCUT2D eigenvalue weighted by Crippen LogP contribution is -2.39. The van der Waals surface area contributed by atoms with Crippen molar-refractivity contribution < 1.29 is 9.59 Å². The Balaban J connectivity index is 1.41. The van der Waals surface area contributed by atoms with Gasteiger partial charge in [-0.15, -0.1) is 0 Å². The Morgan fingerprint density at radius 3 is 2.86 bits per heavy atom. The number of piperidine rings is 1. The summed E-state index contributed by atoms with van der Waals surface area (Å²) in [7, 11) is 0. The minimum atomic E-state index is 0.0713. The molecule has 0 bridgehead atoms. The third-order valence-electron chi connectivity index (χ3n) is 5.99. The number of carbonyl (C=O) groups excluding carboxylic acids is 2. The van der Waals surface area contributed by atoms with Crippen molar-refractivity contribution in [3.8, 4) is 0 Å². The molecule has 0 aliphatic carbocycles. The van der Waals surface area contributed by atoms with E-state index in [0.29, 0.717) is 25.2 Å². The SMILES string of the molecule is CCN1CCCn2nc(C3CCCN(C(=O)CCn4cc(C)cn4)C3)cc2C1=O. The summed E-state index contributed by atoms with van der Waals surface area (Å²) in [6.07, 6.45) is 7.12.